The normalized spacial score (nSPS) is 10.5. The van der Waals surface area contributed by atoms with Gasteiger partial charge in [-0.25, -0.2) is 4.79 Å². The largest absolute Gasteiger partial charge is 0.507 e. The second kappa shape index (κ2) is 7.57. The van der Waals surface area contributed by atoms with Crippen LogP contribution in [0.25, 0.3) is 0 Å². The number of halogens is 1. The van der Waals surface area contributed by atoms with Crippen molar-refractivity contribution in [2.45, 2.75) is 0 Å². The molecule has 0 fully saturated rings. The van der Waals surface area contributed by atoms with Gasteiger partial charge in [0.1, 0.15) is 5.75 Å². The number of hydrazone groups is 1. The molecule has 0 unspecified atom stereocenters. The van der Waals surface area contributed by atoms with Crippen molar-refractivity contribution in [3.05, 3.63) is 58.6 Å². The van der Waals surface area contributed by atoms with Crippen LogP contribution < -0.4 is 10.7 Å². The van der Waals surface area contributed by atoms with Crippen molar-refractivity contribution in [2.24, 2.45) is 5.10 Å². The number of phenolic OH excluding ortho intramolecular Hbond substituents is 1. The predicted octanol–water partition coefficient (Wildman–Crippen LogP) is 3.06. The monoisotopic (exact) mass is 349 g/mol. The summed E-state index contributed by atoms with van der Waals surface area (Å²) in [6, 6.07) is 10.8. The van der Waals surface area contributed by atoms with Crippen molar-refractivity contribution in [2.75, 3.05) is 5.32 Å². The Morgan fingerprint density at radius 3 is 2.78 bits per heavy atom. The number of hydrogen-bond donors (Lipinski definition) is 4. The number of anilines is 1. The first-order chi connectivity index (χ1) is 11.0. The molecule has 0 aliphatic heterocycles. The molecule has 6 nitrogen and oxygen atoms in total. The number of phenols is 1. The zero-order valence-corrected chi connectivity index (χ0v) is 13.2. The maximum Gasteiger partial charge on any atom is 0.335 e. The molecule has 0 saturated heterocycles. The lowest BCUT2D eigenvalue weighted by atomic mass is 10.2. The number of thiocarbonyl (C=S) groups is 1. The fourth-order valence-electron chi connectivity index (χ4n) is 1.68. The lowest BCUT2D eigenvalue weighted by Crippen LogP contribution is -2.24. The first-order valence-corrected chi connectivity index (χ1v) is 7.16. The fraction of sp³-hybridized carbons (Fsp3) is 0. The molecular weight excluding hydrogens is 338 g/mol. The number of aromatic carboxylic acids is 1. The topological polar surface area (TPSA) is 94.0 Å². The molecule has 0 radical (unpaired) electrons. The van der Waals surface area contributed by atoms with Gasteiger partial charge in [0, 0.05) is 16.3 Å². The third-order valence-corrected chi connectivity index (χ3v) is 3.16. The van der Waals surface area contributed by atoms with Gasteiger partial charge in [0.15, 0.2) is 5.11 Å². The number of carboxylic acids is 1. The standard InChI is InChI=1S/C15H12ClN3O3S/c16-11-4-5-13(20)10(6-11)8-17-19-15(23)18-12-3-1-2-9(7-12)14(21)22/h1-8,20H,(H,21,22)(H2,18,19,23)/b17-8-. The maximum absolute atomic E-state index is 10.9. The highest BCUT2D eigenvalue weighted by atomic mass is 35.5. The number of benzene rings is 2. The highest BCUT2D eigenvalue weighted by Gasteiger charge is 2.04. The minimum atomic E-state index is -1.03. The van der Waals surface area contributed by atoms with Gasteiger partial charge in [-0.1, -0.05) is 17.7 Å². The molecule has 0 spiro atoms. The number of carbonyl (C=O) groups is 1. The number of carboxylic acid groups (broad SMARTS) is 1. The van der Waals surface area contributed by atoms with E-state index in [4.69, 9.17) is 28.9 Å². The van der Waals surface area contributed by atoms with E-state index in [1.165, 1.54) is 24.4 Å². The fourth-order valence-corrected chi connectivity index (χ4v) is 2.03. The third kappa shape index (κ3) is 4.94. The van der Waals surface area contributed by atoms with Crippen molar-refractivity contribution in [3.8, 4) is 5.75 Å². The van der Waals surface area contributed by atoms with Crippen LogP contribution in [0, 0.1) is 0 Å². The van der Waals surface area contributed by atoms with Crippen molar-refractivity contribution >= 4 is 46.8 Å². The van der Waals surface area contributed by atoms with Gasteiger partial charge in [0.05, 0.1) is 11.8 Å². The van der Waals surface area contributed by atoms with E-state index in [0.29, 0.717) is 16.3 Å². The van der Waals surface area contributed by atoms with E-state index in [0.717, 1.165) is 0 Å². The molecule has 2 aromatic rings. The van der Waals surface area contributed by atoms with E-state index in [9.17, 15) is 9.90 Å². The molecule has 4 N–H and O–H groups in total. The lowest BCUT2D eigenvalue weighted by Gasteiger charge is -2.07. The van der Waals surface area contributed by atoms with Crippen molar-refractivity contribution in [1.82, 2.24) is 5.43 Å². The van der Waals surface area contributed by atoms with Crippen LogP contribution in [0.1, 0.15) is 15.9 Å². The van der Waals surface area contributed by atoms with Gasteiger partial charge >= 0.3 is 5.97 Å². The SMILES string of the molecule is O=C(O)c1cccc(NC(=S)N/N=C\c2cc(Cl)ccc2O)c1. The van der Waals surface area contributed by atoms with E-state index < -0.39 is 5.97 Å². The van der Waals surface area contributed by atoms with E-state index in [1.54, 1.807) is 24.3 Å². The summed E-state index contributed by atoms with van der Waals surface area (Å²) in [6.07, 6.45) is 1.36. The molecule has 0 bridgehead atoms. The predicted molar refractivity (Wildman–Crippen MR) is 93.5 cm³/mol. The van der Waals surface area contributed by atoms with Crippen LogP contribution in [0.15, 0.2) is 47.6 Å². The van der Waals surface area contributed by atoms with Crippen LogP contribution in [0.5, 0.6) is 5.75 Å². The molecule has 0 aromatic heterocycles. The van der Waals surface area contributed by atoms with E-state index in [2.05, 4.69) is 15.8 Å². The van der Waals surface area contributed by atoms with Crippen LogP contribution in [-0.4, -0.2) is 27.5 Å². The third-order valence-electron chi connectivity index (χ3n) is 2.73. The van der Waals surface area contributed by atoms with Crippen molar-refractivity contribution in [1.29, 1.82) is 0 Å². The Bertz CT molecular complexity index is 780. The van der Waals surface area contributed by atoms with Gasteiger partial charge < -0.3 is 15.5 Å². The van der Waals surface area contributed by atoms with Crippen LogP contribution in [-0.2, 0) is 0 Å². The Morgan fingerprint density at radius 1 is 1.26 bits per heavy atom. The molecule has 2 rings (SSSR count). The summed E-state index contributed by atoms with van der Waals surface area (Å²) in [5, 5.41) is 25.9. The van der Waals surface area contributed by atoms with Gasteiger partial charge in [0.25, 0.3) is 0 Å². The van der Waals surface area contributed by atoms with Gasteiger partial charge in [-0.3, -0.25) is 5.43 Å². The number of aromatic hydroxyl groups is 1. The smallest absolute Gasteiger partial charge is 0.335 e. The first-order valence-electron chi connectivity index (χ1n) is 6.37. The Labute approximate surface area is 142 Å². The first kappa shape index (κ1) is 16.7. The lowest BCUT2D eigenvalue weighted by molar-refractivity contribution is 0.0697. The summed E-state index contributed by atoms with van der Waals surface area (Å²) >= 11 is 10.9. The molecule has 23 heavy (non-hydrogen) atoms. The van der Waals surface area contributed by atoms with Crippen LogP contribution in [0.3, 0.4) is 0 Å². The molecule has 118 valence electrons. The van der Waals surface area contributed by atoms with Crippen LogP contribution in [0.2, 0.25) is 5.02 Å². The molecule has 8 heteroatoms. The molecule has 0 amide bonds. The van der Waals surface area contributed by atoms with E-state index in [1.807, 2.05) is 0 Å². The summed E-state index contributed by atoms with van der Waals surface area (Å²) in [4.78, 5) is 10.9. The Morgan fingerprint density at radius 2 is 2.04 bits per heavy atom. The summed E-state index contributed by atoms with van der Waals surface area (Å²) < 4.78 is 0. The number of rotatable bonds is 4. The molecule has 0 aliphatic carbocycles. The number of hydrogen-bond acceptors (Lipinski definition) is 4. The minimum Gasteiger partial charge on any atom is -0.507 e. The average Bonchev–Trinajstić information content (AvgIpc) is 2.51. The van der Waals surface area contributed by atoms with Gasteiger partial charge in [-0.2, -0.15) is 5.10 Å². The van der Waals surface area contributed by atoms with Crippen molar-refractivity contribution < 1.29 is 15.0 Å². The van der Waals surface area contributed by atoms with E-state index >= 15 is 0 Å². The van der Waals surface area contributed by atoms with Crippen LogP contribution in [0.4, 0.5) is 5.69 Å². The zero-order valence-electron chi connectivity index (χ0n) is 11.7. The van der Waals surface area contributed by atoms with Crippen LogP contribution >= 0.6 is 23.8 Å². The second-order valence-electron chi connectivity index (χ2n) is 4.41. The molecular formula is C15H12ClN3O3S. The Kier molecular flexibility index (Phi) is 5.51. The van der Waals surface area contributed by atoms with Crippen molar-refractivity contribution in [3.63, 3.8) is 0 Å². The highest BCUT2D eigenvalue weighted by Crippen LogP contribution is 2.19. The molecule has 0 saturated carbocycles. The summed E-state index contributed by atoms with van der Waals surface area (Å²) in [5.74, 6) is -0.991. The molecule has 0 heterocycles. The summed E-state index contributed by atoms with van der Waals surface area (Å²) in [6.45, 7) is 0. The highest BCUT2D eigenvalue weighted by molar-refractivity contribution is 7.80. The minimum absolute atomic E-state index is 0.0352. The number of nitrogens with zero attached hydrogens (tertiary/aromatic N) is 1. The van der Waals surface area contributed by atoms with Gasteiger partial charge in [-0.15, -0.1) is 0 Å². The summed E-state index contributed by atoms with van der Waals surface area (Å²) in [5.41, 5.74) is 3.65. The molecule has 0 atom stereocenters. The van der Waals surface area contributed by atoms with Gasteiger partial charge in [-0.05, 0) is 48.6 Å². The Hall–Kier alpha value is -2.64. The second-order valence-corrected chi connectivity index (χ2v) is 5.26. The maximum atomic E-state index is 10.9. The van der Waals surface area contributed by atoms with E-state index in [-0.39, 0.29) is 16.4 Å². The quantitative estimate of drug-likeness (QED) is 0.385. The van der Waals surface area contributed by atoms with Gasteiger partial charge in [0.2, 0.25) is 0 Å². The summed E-state index contributed by atoms with van der Waals surface area (Å²) in [7, 11) is 0. The zero-order chi connectivity index (χ0) is 16.8. The molecule has 0 aliphatic rings. The molecule has 2 aromatic carbocycles. The number of nitrogens with one attached hydrogen (secondary N) is 2. The average molecular weight is 350 g/mol. The Balaban J connectivity index is 1.97.